The van der Waals surface area contributed by atoms with Crippen molar-refractivity contribution in [1.82, 2.24) is 15.0 Å². The van der Waals surface area contributed by atoms with Gasteiger partial charge in [-0.15, -0.1) is 11.3 Å². The summed E-state index contributed by atoms with van der Waals surface area (Å²) in [6.45, 7) is 2.02. The number of fused-ring (bicyclic) bond motifs is 1. The summed E-state index contributed by atoms with van der Waals surface area (Å²) in [4.78, 5) is 25.4. The highest BCUT2D eigenvalue weighted by Crippen LogP contribution is 2.28. The lowest BCUT2D eigenvalue weighted by molar-refractivity contribution is -0.115. The molecule has 1 N–H and O–H groups in total. The lowest BCUT2D eigenvalue weighted by atomic mass is 10.2. The number of hydrogen-bond donors (Lipinski definition) is 1. The number of anilines is 1. The SMILES string of the molecule is Cc1cccc2sc(NC(=O)Cc3csc(-c4cccnc4)n3)nc12. The Bertz CT molecular complexity index is 1040. The van der Waals surface area contributed by atoms with Crippen molar-refractivity contribution in [2.75, 3.05) is 5.32 Å². The molecule has 25 heavy (non-hydrogen) atoms. The number of carbonyl (C=O) groups excluding carboxylic acids is 1. The molecule has 4 rings (SSSR count). The van der Waals surface area contributed by atoms with Gasteiger partial charge in [-0.05, 0) is 30.7 Å². The predicted molar refractivity (Wildman–Crippen MR) is 102 cm³/mol. The summed E-state index contributed by atoms with van der Waals surface area (Å²) in [5, 5.41) is 6.27. The highest BCUT2D eigenvalue weighted by atomic mass is 32.1. The molecule has 0 saturated heterocycles. The van der Waals surface area contributed by atoms with Crippen molar-refractivity contribution in [1.29, 1.82) is 0 Å². The van der Waals surface area contributed by atoms with E-state index in [1.165, 1.54) is 22.7 Å². The van der Waals surface area contributed by atoms with Gasteiger partial charge in [0.25, 0.3) is 0 Å². The number of para-hydroxylation sites is 1. The first-order valence-corrected chi connectivity index (χ1v) is 9.39. The Morgan fingerprint density at radius 3 is 2.92 bits per heavy atom. The summed E-state index contributed by atoms with van der Waals surface area (Å²) in [5.74, 6) is -0.111. The second-order valence-corrected chi connectivity index (χ2v) is 7.44. The molecule has 0 radical (unpaired) electrons. The van der Waals surface area contributed by atoms with Crippen LogP contribution < -0.4 is 5.32 Å². The van der Waals surface area contributed by atoms with Crippen LogP contribution >= 0.6 is 22.7 Å². The monoisotopic (exact) mass is 366 g/mol. The zero-order valence-electron chi connectivity index (χ0n) is 13.4. The molecule has 0 saturated carbocycles. The van der Waals surface area contributed by atoms with Crippen LogP contribution in [-0.2, 0) is 11.2 Å². The van der Waals surface area contributed by atoms with Crippen molar-refractivity contribution in [3.63, 3.8) is 0 Å². The first-order valence-electron chi connectivity index (χ1n) is 7.70. The molecule has 3 heterocycles. The third kappa shape index (κ3) is 3.42. The molecule has 4 aromatic rings. The van der Waals surface area contributed by atoms with Crippen LogP contribution in [0.4, 0.5) is 5.13 Å². The van der Waals surface area contributed by atoms with Gasteiger partial charge >= 0.3 is 0 Å². The Morgan fingerprint density at radius 2 is 2.12 bits per heavy atom. The molecule has 124 valence electrons. The third-order valence-electron chi connectivity index (χ3n) is 3.67. The fourth-order valence-corrected chi connectivity index (χ4v) is 4.25. The molecule has 0 fully saturated rings. The molecule has 0 aliphatic rings. The molecule has 1 amide bonds. The Balaban J connectivity index is 1.47. The number of nitrogens with one attached hydrogen (secondary N) is 1. The number of pyridine rings is 1. The minimum atomic E-state index is -0.111. The fourth-order valence-electron chi connectivity index (χ4n) is 2.48. The topological polar surface area (TPSA) is 67.8 Å². The van der Waals surface area contributed by atoms with E-state index in [1.54, 1.807) is 12.4 Å². The number of nitrogens with zero attached hydrogens (tertiary/aromatic N) is 3. The minimum absolute atomic E-state index is 0.111. The maximum absolute atomic E-state index is 12.3. The van der Waals surface area contributed by atoms with E-state index in [1.807, 2.05) is 42.6 Å². The van der Waals surface area contributed by atoms with E-state index in [-0.39, 0.29) is 12.3 Å². The largest absolute Gasteiger partial charge is 0.302 e. The Labute approximate surface area is 152 Å². The van der Waals surface area contributed by atoms with Gasteiger partial charge in [0, 0.05) is 23.3 Å². The minimum Gasteiger partial charge on any atom is -0.302 e. The number of rotatable bonds is 4. The lowest BCUT2D eigenvalue weighted by Crippen LogP contribution is -2.14. The standard InChI is InChI=1S/C18H14N4OS2/c1-11-4-2-6-14-16(11)22-18(25-14)21-15(23)8-13-10-24-17(20-13)12-5-3-7-19-9-12/h2-7,9-10H,8H2,1H3,(H,21,22,23). The summed E-state index contributed by atoms with van der Waals surface area (Å²) in [5.41, 5.74) is 3.75. The van der Waals surface area contributed by atoms with Crippen LogP contribution in [0.5, 0.6) is 0 Å². The van der Waals surface area contributed by atoms with Gasteiger partial charge in [0.05, 0.1) is 22.3 Å². The van der Waals surface area contributed by atoms with Crippen molar-refractivity contribution < 1.29 is 4.79 Å². The van der Waals surface area contributed by atoms with Gasteiger partial charge < -0.3 is 5.32 Å². The van der Waals surface area contributed by atoms with E-state index in [0.717, 1.165) is 32.0 Å². The summed E-state index contributed by atoms with van der Waals surface area (Å²) in [6.07, 6.45) is 3.73. The average Bonchev–Trinajstić information content (AvgIpc) is 3.23. The summed E-state index contributed by atoms with van der Waals surface area (Å²) in [7, 11) is 0. The van der Waals surface area contributed by atoms with E-state index in [0.29, 0.717) is 5.13 Å². The molecular weight excluding hydrogens is 352 g/mol. The van der Waals surface area contributed by atoms with Crippen molar-refractivity contribution in [3.05, 3.63) is 59.4 Å². The number of hydrogen-bond acceptors (Lipinski definition) is 6. The second-order valence-electron chi connectivity index (χ2n) is 5.55. The molecule has 0 aliphatic heterocycles. The molecule has 7 heteroatoms. The van der Waals surface area contributed by atoms with Gasteiger partial charge in [-0.1, -0.05) is 23.5 Å². The number of aromatic nitrogens is 3. The van der Waals surface area contributed by atoms with Crippen LogP contribution in [0, 0.1) is 6.92 Å². The zero-order valence-corrected chi connectivity index (χ0v) is 15.0. The van der Waals surface area contributed by atoms with Crippen LogP contribution in [0.1, 0.15) is 11.3 Å². The Hall–Kier alpha value is -2.64. The first kappa shape index (κ1) is 15.9. The Morgan fingerprint density at radius 1 is 1.20 bits per heavy atom. The lowest BCUT2D eigenvalue weighted by Gasteiger charge is -1.99. The summed E-state index contributed by atoms with van der Waals surface area (Å²) in [6, 6.07) is 9.85. The van der Waals surface area contributed by atoms with E-state index < -0.39 is 0 Å². The number of thiazole rings is 2. The van der Waals surface area contributed by atoms with Crippen molar-refractivity contribution in [2.24, 2.45) is 0 Å². The third-order valence-corrected chi connectivity index (χ3v) is 5.55. The first-order chi connectivity index (χ1) is 12.2. The van der Waals surface area contributed by atoms with Gasteiger partial charge in [-0.25, -0.2) is 9.97 Å². The summed E-state index contributed by atoms with van der Waals surface area (Å²) >= 11 is 3.00. The molecular formula is C18H14N4OS2. The number of aryl methyl sites for hydroxylation is 1. The maximum Gasteiger partial charge on any atom is 0.232 e. The van der Waals surface area contributed by atoms with Crippen LogP contribution in [0.3, 0.4) is 0 Å². The van der Waals surface area contributed by atoms with Crippen LogP contribution in [0.2, 0.25) is 0 Å². The van der Waals surface area contributed by atoms with Gasteiger partial charge in [-0.3, -0.25) is 9.78 Å². The molecule has 1 aromatic carbocycles. The molecule has 0 aliphatic carbocycles. The van der Waals surface area contributed by atoms with Gasteiger partial charge in [0.15, 0.2) is 5.13 Å². The van der Waals surface area contributed by atoms with Crippen molar-refractivity contribution >= 4 is 43.9 Å². The maximum atomic E-state index is 12.3. The van der Waals surface area contributed by atoms with Crippen LogP contribution in [-0.4, -0.2) is 20.9 Å². The normalized spacial score (nSPS) is 10.9. The van der Waals surface area contributed by atoms with E-state index in [2.05, 4.69) is 20.3 Å². The van der Waals surface area contributed by atoms with E-state index in [4.69, 9.17) is 0 Å². The highest BCUT2D eigenvalue weighted by molar-refractivity contribution is 7.22. The van der Waals surface area contributed by atoms with Crippen molar-refractivity contribution in [3.8, 4) is 10.6 Å². The molecule has 0 bridgehead atoms. The fraction of sp³-hybridized carbons (Fsp3) is 0.111. The molecule has 0 atom stereocenters. The number of benzene rings is 1. The molecule has 0 spiro atoms. The van der Waals surface area contributed by atoms with E-state index >= 15 is 0 Å². The average molecular weight is 366 g/mol. The molecule has 5 nitrogen and oxygen atoms in total. The van der Waals surface area contributed by atoms with Crippen LogP contribution in [0.15, 0.2) is 48.1 Å². The Kier molecular flexibility index (Phi) is 4.25. The number of amides is 1. The second kappa shape index (κ2) is 6.70. The van der Waals surface area contributed by atoms with Gasteiger partial charge in [0.2, 0.25) is 5.91 Å². The molecule has 0 unspecified atom stereocenters. The molecule has 3 aromatic heterocycles. The highest BCUT2D eigenvalue weighted by Gasteiger charge is 2.12. The van der Waals surface area contributed by atoms with Crippen molar-refractivity contribution in [2.45, 2.75) is 13.3 Å². The zero-order chi connectivity index (χ0) is 17.2. The predicted octanol–water partition coefficient (Wildman–Crippen LogP) is 4.30. The van der Waals surface area contributed by atoms with Gasteiger partial charge in [-0.2, -0.15) is 0 Å². The quantitative estimate of drug-likeness (QED) is 0.584. The van der Waals surface area contributed by atoms with Crippen LogP contribution in [0.25, 0.3) is 20.8 Å². The summed E-state index contributed by atoms with van der Waals surface area (Å²) < 4.78 is 1.07. The van der Waals surface area contributed by atoms with E-state index in [9.17, 15) is 4.79 Å². The number of carbonyl (C=O) groups is 1. The smallest absolute Gasteiger partial charge is 0.232 e. The van der Waals surface area contributed by atoms with Gasteiger partial charge in [0.1, 0.15) is 5.01 Å².